The van der Waals surface area contributed by atoms with Gasteiger partial charge in [-0.05, 0) is 31.0 Å². The second-order valence-electron chi connectivity index (χ2n) is 5.52. The molecule has 0 radical (unpaired) electrons. The SMILES string of the molecule is CCN(CCc1ccccc1)C(=O)C1COc2ccccc2O1. The van der Waals surface area contributed by atoms with Crippen LogP contribution in [0.2, 0.25) is 0 Å². The van der Waals surface area contributed by atoms with E-state index >= 15 is 0 Å². The van der Waals surface area contributed by atoms with Crippen molar-refractivity contribution in [1.82, 2.24) is 4.90 Å². The zero-order chi connectivity index (χ0) is 16.1. The first-order valence-electron chi connectivity index (χ1n) is 7.99. The predicted octanol–water partition coefficient (Wildman–Crippen LogP) is 2.92. The monoisotopic (exact) mass is 311 g/mol. The molecule has 1 unspecified atom stereocenters. The molecular formula is C19H21NO3. The number of benzene rings is 2. The molecule has 0 saturated heterocycles. The molecule has 4 nitrogen and oxygen atoms in total. The van der Waals surface area contributed by atoms with Gasteiger partial charge in [0.15, 0.2) is 11.5 Å². The lowest BCUT2D eigenvalue weighted by Gasteiger charge is -2.30. The second-order valence-corrected chi connectivity index (χ2v) is 5.52. The highest BCUT2D eigenvalue weighted by Gasteiger charge is 2.30. The highest BCUT2D eigenvalue weighted by molar-refractivity contribution is 5.82. The molecule has 3 rings (SSSR count). The summed E-state index contributed by atoms with van der Waals surface area (Å²) in [5.41, 5.74) is 1.23. The van der Waals surface area contributed by atoms with Crippen LogP contribution in [-0.2, 0) is 11.2 Å². The van der Waals surface area contributed by atoms with E-state index in [0.29, 0.717) is 24.6 Å². The Morgan fingerprint density at radius 3 is 2.52 bits per heavy atom. The molecule has 120 valence electrons. The third kappa shape index (κ3) is 3.65. The number of carbonyl (C=O) groups excluding carboxylic acids is 1. The molecule has 0 fully saturated rings. The molecule has 1 heterocycles. The van der Waals surface area contributed by atoms with E-state index in [2.05, 4.69) is 12.1 Å². The van der Waals surface area contributed by atoms with Gasteiger partial charge in [-0.15, -0.1) is 0 Å². The van der Waals surface area contributed by atoms with Crippen molar-refractivity contribution in [2.75, 3.05) is 19.7 Å². The van der Waals surface area contributed by atoms with E-state index in [-0.39, 0.29) is 12.5 Å². The van der Waals surface area contributed by atoms with Crippen LogP contribution < -0.4 is 9.47 Å². The molecule has 0 N–H and O–H groups in total. The minimum atomic E-state index is -0.569. The van der Waals surface area contributed by atoms with E-state index in [1.165, 1.54) is 5.56 Å². The Kier molecular flexibility index (Phi) is 4.81. The first kappa shape index (κ1) is 15.4. The molecule has 2 aromatic carbocycles. The average molecular weight is 311 g/mol. The molecule has 0 saturated carbocycles. The normalized spacial score (nSPS) is 16.0. The number of likely N-dealkylation sites (N-methyl/N-ethyl adjacent to an activating group) is 1. The first-order chi connectivity index (χ1) is 11.3. The molecule has 2 aromatic rings. The molecule has 0 bridgehead atoms. The van der Waals surface area contributed by atoms with E-state index in [9.17, 15) is 4.79 Å². The van der Waals surface area contributed by atoms with Crippen molar-refractivity contribution >= 4 is 5.91 Å². The Morgan fingerprint density at radius 2 is 1.78 bits per heavy atom. The van der Waals surface area contributed by atoms with Gasteiger partial charge in [0.05, 0.1) is 0 Å². The Hall–Kier alpha value is -2.49. The van der Waals surface area contributed by atoms with Gasteiger partial charge in [-0.25, -0.2) is 0 Å². The topological polar surface area (TPSA) is 38.8 Å². The summed E-state index contributed by atoms with van der Waals surface area (Å²) in [4.78, 5) is 14.5. The van der Waals surface area contributed by atoms with Gasteiger partial charge in [-0.2, -0.15) is 0 Å². The number of rotatable bonds is 5. The van der Waals surface area contributed by atoms with E-state index in [1.807, 2.05) is 54.3 Å². The summed E-state index contributed by atoms with van der Waals surface area (Å²) in [6, 6.07) is 17.6. The molecule has 0 aromatic heterocycles. The first-order valence-corrected chi connectivity index (χ1v) is 7.99. The number of carbonyl (C=O) groups is 1. The van der Waals surface area contributed by atoms with Gasteiger partial charge in [0.1, 0.15) is 6.61 Å². The van der Waals surface area contributed by atoms with Crippen molar-refractivity contribution in [2.45, 2.75) is 19.4 Å². The predicted molar refractivity (Wildman–Crippen MR) is 88.8 cm³/mol. The summed E-state index contributed by atoms with van der Waals surface area (Å²) in [5.74, 6) is 1.32. The van der Waals surface area contributed by atoms with Crippen LogP contribution in [-0.4, -0.2) is 36.6 Å². The molecule has 1 aliphatic heterocycles. The third-order valence-corrected chi connectivity index (χ3v) is 3.99. The zero-order valence-electron chi connectivity index (χ0n) is 13.3. The fraction of sp³-hybridized carbons (Fsp3) is 0.316. The maximum atomic E-state index is 12.7. The van der Waals surface area contributed by atoms with Gasteiger partial charge in [0.25, 0.3) is 5.91 Å². The van der Waals surface area contributed by atoms with Crippen molar-refractivity contribution < 1.29 is 14.3 Å². The largest absolute Gasteiger partial charge is 0.485 e. The molecule has 4 heteroatoms. The van der Waals surface area contributed by atoms with Crippen LogP contribution in [0.3, 0.4) is 0 Å². The van der Waals surface area contributed by atoms with Crippen molar-refractivity contribution in [3.63, 3.8) is 0 Å². The van der Waals surface area contributed by atoms with Gasteiger partial charge < -0.3 is 14.4 Å². The van der Waals surface area contributed by atoms with Crippen molar-refractivity contribution in [3.8, 4) is 11.5 Å². The van der Waals surface area contributed by atoms with E-state index < -0.39 is 6.10 Å². The van der Waals surface area contributed by atoms with Crippen molar-refractivity contribution in [2.24, 2.45) is 0 Å². The van der Waals surface area contributed by atoms with Crippen LogP contribution >= 0.6 is 0 Å². The van der Waals surface area contributed by atoms with Crippen molar-refractivity contribution in [3.05, 3.63) is 60.2 Å². The minimum absolute atomic E-state index is 0.0158. The fourth-order valence-corrected chi connectivity index (χ4v) is 2.68. The minimum Gasteiger partial charge on any atom is -0.485 e. The molecule has 1 atom stereocenters. The molecule has 23 heavy (non-hydrogen) atoms. The van der Waals surface area contributed by atoms with Gasteiger partial charge in [-0.3, -0.25) is 4.79 Å². The number of ether oxygens (including phenoxy) is 2. The number of fused-ring (bicyclic) bond motifs is 1. The Labute approximate surface area is 136 Å². The van der Waals surface area contributed by atoms with Crippen LogP contribution in [0.4, 0.5) is 0 Å². The van der Waals surface area contributed by atoms with Gasteiger partial charge >= 0.3 is 0 Å². The van der Waals surface area contributed by atoms with Gasteiger partial charge in [-0.1, -0.05) is 42.5 Å². The van der Waals surface area contributed by atoms with Gasteiger partial charge in [0.2, 0.25) is 6.10 Å². The summed E-state index contributed by atoms with van der Waals surface area (Å²) < 4.78 is 11.5. The second kappa shape index (κ2) is 7.18. The molecule has 1 amide bonds. The average Bonchev–Trinajstić information content (AvgIpc) is 2.62. The summed E-state index contributed by atoms with van der Waals surface area (Å²) in [6.07, 6.45) is 0.269. The maximum absolute atomic E-state index is 12.7. The summed E-state index contributed by atoms with van der Waals surface area (Å²) in [5, 5.41) is 0. The highest BCUT2D eigenvalue weighted by atomic mass is 16.6. The smallest absolute Gasteiger partial charge is 0.267 e. The number of para-hydroxylation sites is 2. The molecular weight excluding hydrogens is 290 g/mol. The zero-order valence-corrected chi connectivity index (χ0v) is 13.3. The Balaban J connectivity index is 1.62. The Morgan fingerprint density at radius 1 is 1.09 bits per heavy atom. The lowest BCUT2D eigenvalue weighted by Crippen LogP contribution is -2.47. The van der Waals surface area contributed by atoms with Crippen LogP contribution in [0.25, 0.3) is 0 Å². The molecule has 1 aliphatic rings. The quantitative estimate of drug-likeness (QED) is 0.852. The van der Waals surface area contributed by atoms with Gasteiger partial charge in [0, 0.05) is 13.1 Å². The van der Waals surface area contributed by atoms with Crippen LogP contribution in [0.15, 0.2) is 54.6 Å². The van der Waals surface area contributed by atoms with E-state index in [1.54, 1.807) is 0 Å². The lowest BCUT2D eigenvalue weighted by molar-refractivity contribution is -0.141. The highest BCUT2D eigenvalue weighted by Crippen LogP contribution is 2.31. The lowest BCUT2D eigenvalue weighted by atomic mass is 10.1. The summed E-state index contributed by atoms with van der Waals surface area (Å²) in [7, 11) is 0. The molecule has 0 spiro atoms. The van der Waals surface area contributed by atoms with Crippen LogP contribution in [0, 0.1) is 0 Å². The standard InChI is InChI=1S/C19H21NO3/c1-2-20(13-12-15-8-4-3-5-9-15)19(21)18-14-22-16-10-6-7-11-17(16)23-18/h3-11,18H,2,12-14H2,1H3. The van der Waals surface area contributed by atoms with Crippen molar-refractivity contribution in [1.29, 1.82) is 0 Å². The number of hydrogen-bond donors (Lipinski definition) is 0. The van der Waals surface area contributed by atoms with Crippen LogP contribution in [0.5, 0.6) is 11.5 Å². The molecule has 0 aliphatic carbocycles. The number of hydrogen-bond acceptors (Lipinski definition) is 3. The van der Waals surface area contributed by atoms with E-state index in [4.69, 9.17) is 9.47 Å². The summed E-state index contributed by atoms with van der Waals surface area (Å²) in [6.45, 7) is 3.59. The van der Waals surface area contributed by atoms with E-state index in [0.717, 1.165) is 6.42 Å². The third-order valence-electron chi connectivity index (χ3n) is 3.99. The van der Waals surface area contributed by atoms with Crippen LogP contribution in [0.1, 0.15) is 12.5 Å². The number of nitrogens with zero attached hydrogens (tertiary/aromatic N) is 1. The fourth-order valence-electron chi connectivity index (χ4n) is 2.68. The number of amides is 1. The summed E-state index contributed by atoms with van der Waals surface area (Å²) >= 11 is 0. The Bertz CT molecular complexity index is 657. The maximum Gasteiger partial charge on any atom is 0.267 e.